The Bertz CT molecular complexity index is 600. The van der Waals surface area contributed by atoms with Gasteiger partial charge < -0.3 is 10.4 Å². The smallest absolute Gasteiger partial charge is 0.255 e. The molecule has 2 aromatic rings. The summed E-state index contributed by atoms with van der Waals surface area (Å²) in [6.45, 7) is 4.78. The number of para-hydroxylation sites is 1. The van der Waals surface area contributed by atoms with Gasteiger partial charge in [-0.15, -0.1) is 0 Å². The lowest BCUT2D eigenvalue weighted by atomic mass is 10.1. The molecule has 18 heavy (non-hydrogen) atoms. The molecule has 1 heterocycles. The zero-order chi connectivity index (χ0) is 13.3. The topological polar surface area (TPSA) is 62.2 Å². The van der Waals surface area contributed by atoms with Crippen molar-refractivity contribution in [3.63, 3.8) is 0 Å². The summed E-state index contributed by atoms with van der Waals surface area (Å²) < 4.78 is 0. The van der Waals surface area contributed by atoms with Gasteiger partial charge in [0.2, 0.25) is 0 Å². The van der Waals surface area contributed by atoms with Gasteiger partial charge in [0.05, 0.1) is 11.2 Å². The first kappa shape index (κ1) is 12.5. The van der Waals surface area contributed by atoms with E-state index in [0.717, 1.165) is 16.6 Å². The summed E-state index contributed by atoms with van der Waals surface area (Å²) in [5.41, 5.74) is 0.909. The predicted molar refractivity (Wildman–Crippen MR) is 71.4 cm³/mol. The number of hydrogen-bond acceptors (Lipinski definition) is 3. The van der Waals surface area contributed by atoms with E-state index in [1.165, 1.54) is 13.8 Å². The second-order valence-corrected chi connectivity index (χ2v) is 4.84. The largest absolute Gasteiger partial charge is 0.381 e. The third kappa shape index (κ3) is 2.49. The highest BCUT2D eigenvalue weighted by Crippen LogP contribution is 2.23. The molecule has 0 atom stereocenters. The number of amides is 1. The molecule has 4 heteroatoms. The van der Waals surface area contributed by atoms with E-state index in [4.69, 9.17) is 0 Å². The average molecular weight is 244 g/mol. The lowest BCUT2D eigenvalue weighted by molar-refractivity contribution is -0.130. The van der Waals surface area contributed by atoms with Crippen LogP contribution in [0.1, 0.15) is 19.5 Å². The Morgan fingerprint density at radius 1 is 1.33 bits per heavy atom. The van der Waals surface area contributed by atoms with Gasteiger partial charge in [-0.05, 0) is 32.9 Å². The normalized spacial score (nSPS) is 11.6. The van der Waals surface area contributed by atoms with Gasteiger partial charge in [0, 0.05) is 11.1 Å². The zero-order valence-corrected chi connectivity index (χ0v) is 10.7. The Kier molecular flexibility index (Phi) is 3.05. The maximum Gasteiger partial charge on any atom is 0.255 e. The number of nitrogens with zero attached hydrogens (tertiary/aromatic N) is 1. The van der Waals surface area contributed by atoms with Crippen molar-refractivity contribution in [2.24, 2.45) is 0 Å². The number of rotatable bonds is 2. The molecule has 0 aliphatic rings. The Hall–Kier alpha value is -1.94. The highest BCUT2D eigenvalue weighted by atomic mass is 16.3. The van der Waals surface area contributed by atoms with E-state index in [9.17, 15) is 9.90 Å². The molecule has 4 nitrogen and oxygen atoms in total. The van der Waals surface area contributed by atoms with Crippen molar-refractivity contribution < 1.29 is 9.90 Å². The third-order valence-corrected chi connectivity index (χ3v) is 2.65. The summed E-state index contributed by atoms with van der Waals surface area (Å²) in [5, 5.41) is 13.3. The van der Waals surface area contributed by atoms with E-state index in [-0.39, 0.29) is 0 Å². The maximum absolute atomic E-state index is 11.8. The van der Waals surface area contributed by atoms with Crippen LogP contribution in [0.4, 0.5) is 5.69 Å². The second kappa shape index (κ2) is 4.38. The molecule has 2 N–H and O–H groups in total. The number of aromatic nitrogens is 1. The van der Waals surface area contributed by atoms with Crippen LogP contribution < -0.4 is 5.32 Å². The molecule has 1 aromatic carbocycles. The minimum atomic E-state index is -1.40. The quantitative estimate of drug-likeness (QED) is 0.851. The fraction of sp³-hybridized carbons (Fsp3) is 0.286. The van der Waals surface area contributed by atoms with Crippen LogP contribution >= 0.6 is 0 Å². The van der Waals surface area contributed by atoms with Crippen LogP contribution in [0.15, 0.2) is 30.3 Å². The number of hydrogen-bond donors (Lipinski definition) is 2. The number of aliphatic hydroxyl groups is 1. The van der Waals surface area contributed by atoms with Gasteiger partial charge in [-0.25, -0.2) is 0 Å². The first-order valence-corrected chi connectivity index (χ1v) is 5.78. The zero-order valence-electron chi connectivity index (χ0n) is 10.7. The second-order valence-electron chi connectivity index (χ2n) is 4.84. The van der Waals surface area contributed by atoms with Gasteiger partial charge in [-0.2, -0.15) is 0 Å². The number of carbonyl (C=O) groups is 1. The van der Waals surface area contributed by atoms with E-state index in [2.05, 4.69) is 10.3 Å². The van der Waals surface area contributed by atoms with E-state index in [1.807, 2.05) is 31.2 Å². The van der Waals surface area contributed by atoms with Gasteiger partial charge in [0.25, 0.3) is 5.91 Å². The van der Waals surface area contributed by atoms with Crippen LogP contribution in [-0.2, 0) is 4.79 Å². The number of fused-ring (bicyclic) bond motifs is 1. The minimum Gasteiger partial charge on any atom is -0.381 e. The molecule has 0 aliphatic heterocycles. The summed E-state index contributed by atoms with van der Waals surface area (Å²) in [5.74, 6) is -0.432. The Morgan fingerprint density at radius 3 is 2.67 bits per heavy atom. The number of anilines is 1. The average Bonchev–Trinajstić information content (AvgIpc) is 2.27. The number of pyridine rings is 1. The van der Waals surface area contributed by atoms with Crippen LogP contribution in [0.25, 0.3) is 10.9 Å². The predicted octanol–water partition coefficient (Wildman–Crippen LogP) is 2.25. The number of aryl methyl sites for hydroxylation is 1. The van der Waals surface area contributed by atoms with E-state index < -0.39 is 11.5 Å². The fourth-order valence-electron chi connectivity index (χ4n) is 1.69. The third-order valence-electron chi connectivity index (χ3n) is 2.65. The molecule has 1 amide bonds. The molecular weight excluding hydrogens is 228 g/mol. The van der Waals surface area contributed by atoms with Gasteiger partial charge in [0.15, 0.2) is 0 Å². The molecule has 0 radical (unpaired) electrons. The first-order chi connectivity index (χ1) is 8.38. The van der Waals surface area contributed by atoms with Crippen molar-refractivity contribution in [1.29, 1.82) is 0 Å². The molecule has 0 unspecified atom stereocenters. The molecule has 2 rings (SSSR count). The minimum absolute atomic E-state index is 0.432. The molecule has 0 bridgehead atoms. The van der Waals surface area contributed by atoms with Crippen molar-refractivity contribution in [3.8, 4) is 0 Å². The van der Waals surface area contributed by atoms with Gasteiger partial charge >= 0.3 is 0 Å². The lowest BCUT2D eigenvalue weighted by Crippen LogP contribution is -2.36. The van der Waals surface area contributed by atoms with Gasteiger partial charge in [-0.3, -0.25) is 9.78 Å². The Balaban J connectivity index is 2.48. The van der Waals surface area contributed by atoms with Crippen molar-refractivity contribution in [1.82, 2.24) is 4.98 Å². The van der Waals surface area contributed by atoms with E-state index >= 15 is 0 Å². The molecule has 0 saturated carbocycles. The highest BCUT2D eigenvalue weighted by Gasteiger charge is 2.24. The molecule has 0 spiro atoms. The fourth-order valence-corrected chi connectivity index (χ4v) is 1.69. The van der Waals surface area contributed by atoms with Crippen LogP contribution in [0.2, 0.25) is 0 Å². The SMILES string of the molecule is Cc1cc(NC(=O)C(C)(C)O)c2ccccc2n1. The summed E-state index contributed by atoms with van der Waals surface area (Å²) in [4.78, 5) is 16.2. The first-order valence-electron chi connectivity index (χ1n) is 5.78. The highest BCUT2D eigenvalue weighted by molar-refractivity contribution is 6.03. The molecule has 0 aliphatic carbocycles. The monoisotopic (exact) mass is 244 g/mol. The standard InChI is InChI=1S/C14H16N2O2/c1-9-8-12(16-13(17)14(2,3)18)10-6-4-5-7-11(10)15-9/h4-8,18H,1-3H3,(H,15,16,17). The lowest BCUT2D eigenvalue weighted by Gasteiger charge is -2.17. The van der Waals surface area contributed by atoms with E-state index in [1.54, 1.807) is 6.07 Å². The van der Waals surface area contributed by atoms with Crippen molar-refractivity contribution in [2.75, 3.05) is 5.32 Å². The molecule has 0 saturated heterocycles. The van der Waals surface area contributed by atoms with Crippen LogP contribution in [0.5, 0.6) is 0 Å². The Labute approximate surface area is 106 Å². The number of nitrogens with one attached hydrogen (secondary N) is 1. The molecule has 0 fully saturated rings. The van der Waals surface area contributed by atoms with Crippen molar-refractivity contribution in [3.05, 3.63) is 36.0 Å². The van der Waals surface area contributed by atoms with Gasteiger partial charge in [0.1, 0.15) is 5.60 Å². The summed E-state index contributed by atoms with van der Waals surface area (Å²) in [6.07, 6.45) is 0. The number of benzene rings is 1. The summed E-state index contributed by atoms with van der Waals surface area (Å²) in [6, 6.07) is 9.37. The Morgan fingerprint density at radius 2 is 2.00 bits per heavy atom. The number of carbonyl (C=O) groups excluding carboxylic acids is 1. The van der Waals surface area contributed by atoms with Crippen LogP contribution in [0.3, 0.4) is 0 Å². The maximum atomic E-state index is 11.8. The summed E-state index contributed by atoms with van der Waals surface area (Å²) >= 11 is 0. The molecule has 94 valence electrons. The van der Waals surface area contributed by atoms with Crippen LogP contribution in [0, 0.1) is 6.92 Å². The van der Waals surface area contributed by atoms with Crippen molar-refractivity contribution >= 4 is 22.5 Å². The van der Waals surface area contributed by atoms with Crippen LogP contribution in [-0.4, -0.2) is 21.6 Å². The molecule has 1 aromatic heterocycles. The van der Waals surface area contributed by atoms with E-state index in [0.29, 0.717) is 5.69 Å². The molecular formula is C14H16N2O2. The van der Waals surface area contributed by atoms with Gasteiger partial charge in [-0.1, -0.05) is 18.2 Å². The van der Waals surface area contributed by atoms with Crippen molar-refractivity contribution in [2.45, 2.75) is 26.4 Å². The summed E-state index contributed by atoms with van der Waals surface area (Å²) in [7, 11) is 0.